The van der Waals surface area contributed by atoms with Gasteiger partial charge >= 0.3 is 0 Å². The Balaban J connectivity index is 1.57. The molecule has 1 aliphatic carbocycles. The lowest BCUT2D eigenvalue weighted by molar-refractivity contribution is 0.126. The van der Waals surface area contributed by atoms with Crippen LogP contribution in [0.15, 0.2) is 48.7 Å². The van der Waals surface area contributed by atoms with Crippen LogP contribution < -0.4 is 5.32 Å². The van der Waals surface area contributed by atoms with Crippen molar-refractivity contribution in [2.75, 3.05) is 5.32 Å². The quantitative estimate of drug-likeness (QED) is 0.709. The summed E-state index contributed by atoms with van der Waals surface area (Å²) in [5.41, 5.74) is 2.51. The fraction of sp³-hybridized carbons (Fsp3) is 0.300. The molecule has 0 saturated heterocycles. The first-order valence-corrected chi connectivity index (χ1v) is 8.64. The lowest BCUT2D eigenvalue weighted by atomic mass is 9.93. The summed E-state index contributed by atoms with van der Waals surface area (Å²) in [6.45, 7) is 0. The van der Waals surface area contributed by atoms with Gasteiger partial charge in [0, 0.05) is 11.6 Å². The van der Waals surface area contributed by atoms with Crippen LogP contribution in [0, 0.1) is 11.8 Å². The highest BCUT2D eigenvalue weighted by Gasteiger charge is 2.19. The minimum atomic E-state index is -0.151. The normalized spacial score (nSPS) is 20.0. The van der Waals surface area contributed by atoms with E-state index in [1.165, 1.54) is 0 Å². The molecule has 2 N–H and O–H groups in total. The van der Waals surface area contributed by atoms with Crippen LogP contribution in [0.3, 0.4) is 0 Å². The highest BCUT2D eigenvalue weighted by Crippen LogP contribution is 2.21. The van der Waals surface area contributed by atoms with Gasteiger partial charge in [0.2, 0.25) is 0 Å². The molecule has 0 amide bonds. The van der Waals surface area contributed by atoms with E-state index in [9.17, 15) is 5.11 Å². The average molecular weight is 332 g/mol. The van der Waals surface area contributed by atoms with Crippen molar-refractivity contribution >= 4 is 11.5 Å². The average Bonchev–Trinajstić information content (AvgIpc) is 3.05. The van der Waals surface area contributed by atoms with Gasteiger partial charge in [-0.25, -0.2) is 9.50 Å². The summed E-state index contributed by atoms with van der Waals surface area (Å²) < 4.78 is 1.77. The number of hydrogen-bond acceptors (Lipinski definition) is 4. The second-order valence-corrected chi connectivity index (χ2v) is 6.40. The first-order valence-electron chi connectivity index (χ1n) is 8.64. The third kappa shape index (κ3) is 3.65. The van der Waals surface area contributed by atoms with E-state index in [2.05, 4.69) is 27.2 Å². The fourth-order valence-electron chi connectivity index (χ4n) is 3.12. The van der Waals surface area contributed by atoms with Crippen molar-refractivity contribution in [3.05, 3.63) is 59.9 Å². The van der Waals surface area contributed by atoms with Gasteiger partial charge in [0.25, 0.3) is 0 Å². The first-order chi connectivity index (χ1) is 12.3. The third-order valence-corrected chi connectivity index (χ3v) is 4.52. The smallest absolute Gasteiger partial charge is 0.155 e. The van der Waals surface area contributed by atoms with Crippen molar-refractivity contribution < 1.29 is 5.11 Å². The van der Waals surface area contributed by atoms with Crippen LogP contribution >= 0.6 is 0 Å². The van der Waals surface area contributed by atoms with Crippen LogP contribution in [-0.2, 0) is 0 Å². The number of hydrogen-bond donors (Lipinski definition) is 2. The molecule has 5 heteroatoms. The van der Waals surface area contributed by atoms with Gasteiger partial charge in [0.05, 0.1) is 12.3 Å². The van der Waals surface area contributed by atoms with E-state index in [4.69, 9.17) is 0 Å². The van der Waals surface area contributed by atoms with E-state index in [-0.39, 0.29) is 6.10 Å². The molecular weight excluding hydrogens is 312 g/mol. The van der Waals surface area contributed by atoms with Gasteiger partial charge < -0.3 is 10.4 Å². The summed E-state index contributed by atoms with van der Waals surface area (Å²) in [7, 11) is 0. The molecule has 0 aliphatic heterocycles. The first kappa shape index (κ1) is 15.7. The van der Waals surface area contributed by atoms with E-state index < -0.39 is 0 Å². The number of rotatable bonds is 2. The molecule has 1 fully saturated rings. The molecule has 126 valence electrons. The zero-order valence-electron chi connectivity index (χ0n) is 13.9. The monoisotopic (exact) mass is 332 g/mol. The molecule has 0 atom stereocenters. The van der Waals surface area contributed by atoms with Gasteiger partial charge in [-0.1, -0.05) is 24.1 Å². The van der Waals surface area contributed by atoms with Gasteiger partial charge in [-0.15, -0.1) is 5.10 Å². The Labute approximate surface area is 146 Å². The van der Waals surface area contributed by atoms with Crippen molar-refractivity contribution in [1.82, 2.24) is 14.6 Å². The highest BCUT2D eigenvalue weighted by molar-refractivity contribution is 5.49. The molecule has 3 aromatic rings. The Morgan fingerprint density at radius 3 is 2.60 bits per heavy atom. The second-order valence-electron chi connectivity index (χ2n) is 6.40. The number of aliphatic hydroxyl groups excluding tert-OH is 1. The minimum absolute atomic E-state index is 0.151. The summed E-state index contributed by atoms with van der Waals surface area (Å²) in [4.78, 5) is 4.37. The van der Waals surface area contributed by atoms with Crippen molar-refractivity contribution in [1.29, 1.82) is 0 Å². The van der Waals surface area contributed by atoms with Crippen LogP contribution in [0.1, 0.15) is 36.9 Å². The summed E-state index contributed by atoms with van der Waals surface area (Å²) in [6.07, 6.45) is 5.22. The lowest BCUT2D eigenvalue weighted by Crippen LogP contribution is -2.28. The molecule has 4 rings (SSSR count). The molecule has 1 aromatic carbocycles. The number of aromatic nitrogens is 3. The van der Waals surface area contributed by atoms with Gasteiger partial charge in [0.1, 0.15) is 11.5 Å². The molecule has 2 aromatic heterocycles. The molecule has 0 bridgehead atoms. The number of nitrogens with zero attached hydrogens (tertiary/aromatic N) is 3. The summed E-state index contributed by atoms with van der Waals surface area (Å²) in [5.74, 6) is 7.11. The molecule has 0 unspecified atom stereocenters. The highest BCUT2D eigenvalue weighted by atomic mass is 16.3. The number of anilines is 1. The number of aliphatic hydroxyl groups is 1. The van der Waals surface area contributed by atoms with E-state index in [1.54, 1.807) is 10.7 Å². The fourth-order valence-corrected chi connectivity index (χ4v) is 3.12. The van der Waals surface area contributed by atoms with E-state index in [0.717, 1.165) is 48.4 Å². The maximum absolute atomic E-state index is 9.63. The Kier molecular flexibility index (Phi) is 4.36. The predicted molar refractivity (Wildman–Crippen MR) is 97.3 cm³/mol. The van der Waals surface area contributed by atoms with Crippen molar-refractivity contribution in [3.63, 3.8) is 0 Å². The summed E-state index contributed by atoms with van der Waals surface area (Å²) >= 11 is 0. The van der Waals surface area contributed by atoms with E-state index >= 15 is 0 Å². The largest absolute Gasteiger partial charge is 0.393 e. The molecule has 1 aliphatic rings. The van der Waals surface area contributed by atoms with Crippen LogP contribution in [0.25, 0.3) is 5.65 Å². The van der Waals surface area contributed by atoms with Crippen LogP contribution in [0.5, 0.6) is 0 Å². The van der Waals surface area contributed by atoms with Crippen molar-refractivity contribution in [2.24, 2.45) is 0 Å². The third-order valence-electron chi connectivity index (χ3n) is 4.52. The van der Waals surface area contributed by atoms with Crippen LogP contribution in [0.4, 0.5) is 5.82 Å². The Morgan fingerprint density at radius 1 is 1.00 bits per heavy atom. The minimum Gasteiger partial charge on any atom is -0.393 e. The lowest BCUT2D eigenvalue weighted by Gasteiger charge is -2.26. The molecular formula is C20H20N4O. The SMILES string of the molecule is OC1CCC(Nc2ccc3ncc(C#Cc4ccccc4)n3n2)CC1. The Hall–Kier alpha value is -2.84. The number of benzene rings is 1. The number of fused-ring (bicyclic) bond motifs is 1. The van der Waals surface area contributed by atoms with Gasteiger partial charge in [-0.05, 0) is 55.9 Å². The van der Waals surface area contributed by atoms with Gasteiger partial charge in [-0.2, -0.15) is 0 Å². The zero-order valence-corrected chi connectivity index (χ0v) is 13.9. The molecule has 5 nitrogen and oxygen atoms in total. The van der Waals surface area contributed by atoms with Crippen molar-refractivity contribution in [2.45, 2.75) is 37.8 Å². The Morgan fingerprint density at radius 2 is 1.80 bits per heavy atom. The topological polar surface area (TPSA) is 62.5 Å². The molecule has 1 saturated carbocycles. The summed E-state index contributed by atoms with van der Waals surface area (Å²) in [6, 6.07) is 14.1. The maximum Gasteiger partial charge on any atom is 0.155 e. The van der Waals surface area contributed by atoms with E-state index in [1.807, 2.05) is 42.5 Å². The zero-order chi connectivity index (χ0) is 17.1. The maximum atomic E-state index is 9.63. The predicted octanol–water partition coefficient (Wildman–Crippen LogP) is 2.84. The second kappa shape index (κ2) is 6.96. The van der Waals surface area contributed by atoms with Gasteiger partial charge in [-0.3, -0.25) is 0 Å². The van der Waals surface area contributed by atoms with Gasteiger partial charge in [0.15, 0.2) is 5.65 Å². The molecule has 2 heterocycles. The Bertz CT molecular complexity index is 915. The van der Waals surface area contributed by atoms with Crippen molar-refractivity contribution in [3.8, 4) is 11.8 Å². The number of nitrogens with one attached hydrogen (secondary N) is 1. The molecule has 0 spiro atoms. The number of imidazole rings is 1. The molecule has 0 radical (unpaired) electrons. The summed E-state index contributed by atoms with van der Waals surface area (Å²) in [5, 5.41) is 17.7. The standard InChI is InChI=1S/C20H20N4O/c25-18-10-7-16(8-11-18)22-19-12-13-20-21-14-17(24(20)23-19)9-6-15-4-2-1-3-5-15/h1-5,12-14,16,18,25H,7-8,10-11H2,(H,22,23). The van der Waals surface area contributed by atoms with Crippen LogP contribution in [-0.4, -0.2) is 31.9 Å². The van der Waals surface area contributed by atoms with E-state index in [0.29, 0.717) is 6.04 Å². The van der Waals surface area contributed by atoms with Crippen LogP contribution in [0.2, 0.25) is 0 Å². The molecule has 25 heavy (non-hydrogen) atoms.